The standard InChI is InChI=1S/C10H16N4O.ClH/c1-14-6-8(5-12-14)10(15)13-9(4-11)7-2-3-7;/h5-7,9H,2-4,11H2,1H3,(H,13,15);1H. The van der Waals surface area contributed by atoms with E-state index in [1.807, 2.05) is 0 Å². The number of nitrogens with one attached hydrogen (secondary N) is 1. The van der Waals surface area contributed by atoms with Crippen LogP contribution < -0.4 is 11.1 Å². The summed E-state index contributed by atoms with van der Waals surface area (Å²) in [7, 11) is 1.79. The van der Waals surface area contributed by atoms with Crippen molar-refractivity contribution in [3.8, 4) is 0 Å². The van der Waals surface area contributed by atoms with Crippen LogP contribution in [0.15, 0.2) is 12.4 Å². The molecule has 0 radical (unpaired) electrons. The van der Waals surface area contributed by atoms with Gasteiger partial charge >= 0.3 is 0 Å². The highest BCUT2D eigenvalue weighted by Gasteiger charge is 2.31. The SMILES string of the molecule is Cl.Cn1cc(C(=O)NC(CN)C2CC2)cn1. The zero-order valence-electron chi connectivity index (χ0n) is 9.22. The van der Waals surface area contributed by atoms with E-state index in [1.54, 1.807) is 24.1 Å². The lowest BCUT2D eigenvalue weighted by Crippen LogP contribution is -2.41. The Morgan fingerprint density at radius 2 is 2.44 bits per heavy atom. The number of nitrogens with two attached hydrogens (primary N) is 1. The van der Waals surface area contributed by atoms with Crippen molar-refractivity contribution >= 4 is 18.3 Å². The van der Waals surface area contributed by atoms with Gasteiger partial charge in [-0.1, -0.05) is 0 Å². The largest absolute Gasteiger partial charge is 0.348 e. The lowest BCUT2D eigenvalue weighted by Gasteiger charge is -2.14. The minimum atomic E-state index is -0.0783. The van der Waals surface area contributed by atoms with E-state index in [-0.39, 0.29) is 24.4 Å². The molecule has 1 aliphatic rings. The fourth-order valence-corrected chi connectivity index (χ4v) is 1.66. The van der Waals surface area contributed by atoms with Crippen LogP contribution in [-0.2, 0) is 7.05 Å². The van der Waals surface area contributed by atoms with Crippen molar-refractivity contribution in [2.45, 2.75) is 18.9 Å². The third-order valence-corrected chi connectivity index (χ3v) is 2.73. The molecule has 1 amide bonds. The van der Waals surface area contributed by atoms with Gasteiger partial charge in [-0.05, 0) is 18.8 Å². The first-order valence-electron chi connectivity index (χ1n) is 5.20. The van der Waals surface area contributed by atoms with Crippen LogP contribution in [0.1, 0.15) is 23.2 Å². The number of halogens is 1. The fourth-order valence-electron chi connectivity index (χ4n) is 1.66. The molecule has 1 aromatic heterocycles. The highest BCUT2D eigenvalue weighted by molar-refractivity contribution is 5.93. The fraction of sp³-hybridized carbons (Fsp3) is 0.600. The van der Waals surface area contributed by atoms with Crippen molar-refractivity contribution in [2.75, 3.05) is 6.54 Å². The Kier molecular flexibility index (Phi) is 4.32. The number of carbonyl (C=O) groups is 1. The van der Waals surface area contributed by atoms with E-state index in [0.29, 0.717) is 18.0 Å². The Labute approximate surface area is 101 Å². The van der Waals surface area contributed by atoms with E-state index in [1.165, 1.54) is 12.8 Å². The zero-order valence-corrected chi connectivity index (χ0v) is 10.0. The predicted molar refractivity (Wildman–Crippen MR) is 63.5 cm³/mol. The number of hydrogen-bond donors (Lipinski definition) is 2. The predicted octanol–water partition coefficient (Wildman–Crippen LogP) is 0.309. The molecule has 0 aromatic carbocycles. The van der Waals surface area contributed by atoms with Crippen LogP contribution in [0.3, 0.4) is 0 Å². The Balaban J connectivity index is 0.00000128. The van der Waals surface area contributed by atoms with Crippen LogP contribution >= 0.6 is 12.4 Å². The van der Waals surface area contributed by atoms with Gasteiger partial charge in [0.05, 0.1) is 11.8 Å². The number of carbonyl (C=O) groups excluding carboxylic acids is 1. The first kappa shape index (κ1) is 13.0. The second-order valence-corrected chi connectivity index (χ2v) is 4.06. The van der Waals surface area contributed by atoms with Gasteiger partial charge in [-0.15, -0.1) is 12.4 Å². The molecule has 1 fully saturated rings. The smallest absolute Gasteiger partial charge is 0.254 e. The van der Waals surface area contributed by atoms with E-state index in [2.05, 4.69) is 10.4 Å². The van der Waals surface area contributed by atoms with E-state index in [0.717, 1.165) is 0 Å². The Hall–Kier alpha value is -1.07. The molecule has 0 spiro atoms. The van der Waals surface area contributed by atoms with Gasteiger partial charge in [-0.3, -0.25) is 9.48 Å². The summed E-state index contributed by atoms with van der Waals surface area (Å²) in [5.74, 6) is 0.501. The van der Waals surface area contributed by atoms with Crippen LogP contribution in [0, 0.1) is 5.92 Å². The van der Waals surface area contributed by atoms with Gasteiger partial charge in [0.15, 0.2) is 0 Å². The molecule has 3 N–H and O–H groups in total. The van der Waals surface area contributed by atoms with Crippen LogP contribution in [0.2, 0.25) is 0 Å². The average molecular weight is 245 g/mol. The second kappa shape index (κ2) is 5.32. The molecule has 0 bridgehead atoms. The van der Waals surface area contributed by atoms with Crippen molar-refractivity contribution in [1.29, 1.82) is 0 Å². The quantitative estimate of drug-likeness (QED) is 0.801. The minimum absolute atomic E-state index is 0. The van der Waals surface area contributed by atoms with Crippen LogP contribution in [0.5, 0.6) is 0 Å². The van der Waals surface area contributed by atoms with Crippen LogP contribution in [-0.4, -0.2) is 28.3 Å². The first-order chi connectivity index (χ1) is 7.20. The molecule has 2 rings (SSSR count). The van der Waals surface area contributed by atoms with Gasteiger partial charge in [0, 0.05) is 25.8 Å². The topological polar surface area (TPSA) is 72.9 Å². The summed E-state index contributed by atoms with van der Waals surface area (Å²) in [6.07, 6.45) is 5.62. The van der Waals surface area contributed by atoms with Gasteiger partial charge in [-0.2, -0.15) is 5.10 Å². The lowest BCUT2D eigenvalue weighted by molar-refractivity contribution is 0.0933. The van der Waals surface area contributed by atoms with Crippen molar-refractivity contribution in [1.82, 2.24) is 15.1 Å². The number of hydrogen-bond acceptors (Lipinski definition) is 3. The Morgan fingerprint density at radius 1 is 1.75 bits per heavy atom. The lowest BCUT2D eigenvalue weighted by atomic mass is 10.2. The van der Waals surface area contributed by atoms with E-state index in [9.17, 15) is 4.79 Å². The Bertz CT molecular complexity index is 361. The molecule has 5 nitrogen and oxygen atoms in total. The molecule has 0 saturated heterocycles. The summed E-state index contributed by atoms with van der Waals surface area (Å²) in [4.78, 5) is 11.7. The van der Waals surface area contributed by atoms with Gasteiger partial charge < -0.3 is 11.1 Å². The zero-order chi connectivity index (χ0) is 10.8. The number of amides is 1. The molecule has 1 aliphatic carbocycles. The Morgan fingerprint density at radius 3 is 2.88 bits per heavy atom. The van der Waals surface area contributed by atoms with Gasteiger partial charge in [0.25, 0.3) is 5.91 Å². The molecule has 16 heavy (non-hydrogen) atoms. The molecule has 1 saturated carbocycles. The summed E-state index contributed by atoms with van der Waals surface area (Å²) >= 11 is 0. The molecule has 1 atom stereocenters. The molecule has 1 heterocycles. The van der Waals surface area contributed by atoms with Gasteiger partial charge in [-0.25, -0.2) is 0 Å². The van der Waals surface area contributed by atoms with E-state index < -0.39 is 0 Å². The monoisotopic (exact) mass is 244 g/mol. The molecule has 1 unspecified atom stereocenters. The molecule has 6 heteroatoms. The van der Waals surface area contributed by atoms with Crippen molar-refractivity contribution < 1.29 is 4.79 Å². The molecule has 90 valence electrons. The molecular formula is C10H17ClN4O. The maximum atomic E-state index is 11.7. The third kappa shape index (κ3) is 2.96. The highest BCUT2D eigenvalue weighted by atomic mass is 35.5. The number of aryl methyl sites for hydroxylation is 1. The van der Waals surface area contributed by atoms with Crippen molar-refractivity contribution in [2.24, 2.45) is 18.7 Å². The summed E-state index contributed by atoms with van der Waals surface area (Å²) in [5, 5.41) is 6.90. The van der Waals surface area contributed by atoms with Gasteiger partial charge in [0.2, 0.25) is 0 Å². The summed E-state index contributed by atoms with van der Waals surface area (Å²) < 4.78 is 1.61. The molecule has 1 aromatic rings. The molecular weight excluding hydrogens is 228 g/mol. The first-order valence-corrected chi connectivity index (χ1v) is 5.20. The van der Waals surface area contributed by atoms with E-state index in [4.69, 9.17) is 5.73 Å². The van der Waals surface area contributed by atoms with Crippen LogP contribution in [0.25, 0.3) is 0 Å². The average Bonchev–Trinajstić information content (AvgIpc) is 2.97. The van der Waals surface area contributed by atoms with Crippen molar-refractivity contribution in [3.05, 3.63) is 18.0 Å². The van der Waals surface area contributed by atoms with E-state index >= 15 is 0 Å². The maximum absolute atomic E-state index is 11.7. The summed E-state index contributed by atoms with van der Waals surface area (Å²) in [6.45, 7) is 0.511. The van der Waals surface area contributed by atoms with Gasteiger partial charge in [0.1, 0.15) is 0 Å². The van der Waals surface area contributed by atoms with Crippen LogP contribution in [0.4, 0.5) is 0 Å². The maximum Gasteiger partial charge on any atom is 0.254 e. The summed E-state index contributed by atoms with van der Waals surface area (Å²) in [5.41, 5.74) is 6.20. The number of aromatic nitrogens is 2. The normalized spacial score (nSPS) is 16.4. The summed E-state index contributed by atoms with van der Waals surface area (Å²) in [6, 6.07) is 0.123. The highest BCUT2D eigenvalue weighted by Crippen LogP contribution is 2.32. The number of rotatable bonds is 4. The third-order valence-electron chi connectivity index (χ3n) is 2.73. The second-order valence-electron chi connectivity index (χ2n) is 4.06. The minimum Gasteiger partial charge on any atom is -0.348 e. The molecule has 0 aliphatic heterocycles. The van der Waals surface area contributed by atoms with Crippen molar-refractivity contribution in [3.63, 3.8) is 0 Å². The number of nitrogens with zero attached hydrogens (tertiary/aromatic N) is 2.